The van der Waals surface area contributed by atoms with Crippen LogP contribution in [0.3, 0.4) is 0 Å². The minimum atomic E-state index is -0.895. The number of carbonyl (C=O) groups is 3. The fourth-order valence-electron chi connectivity index (χ4n) is 2.51. The Morgan fingerprint density at radius 2 is 1.93 bits per heavy atom. The monoisotopic (exact) mass is 375 g/mol. The highest BCUT2D eigenvalue weighted by molar-refractivity contribution is 5.90. The first kappa shape index (κ1) is 20.3. The number of esters is 1. The number of aromatic nitrogens is 1. The van der Waals surface area contributed by atoms with Crippen molar-refractivity contribution in [1.29, 1.82) is 0 Å². The van der Waals surface area contributed by atoms with E-state index < -0.39 is 24.0 Å². The Labute approximate surface area is 157 Å². The van der Waals surface area contributed by atoms with Crippen LogP contribution in [0.2, 0.25) is 0 Å². The van der Waals surface area contributed by atoms with Crippen molar-refractivity contribution >= 4 is 28.9 Å². The Balaban J connectivity index is 2.11. The van der Waals surface area contributed by atoms with Gasteiger partial charge in [-0.2, -0.15) is 0 Å². The summed E-state index contributed by atoms with van der Waals surface area (Å²) < 4.78 is 9.63. The van der Waals surface area contributed by atoms with E-state index in [2.05, 4.69) is 20.4 Å². The SMILES string of the molecule is COC(=O)CNC(=O)[C@H](Cc1c[nH]c2ccccc12)NC(=O)OCC(C)C. The lowest BCUT2D eigenvalue weighted by atomic mass is 10.0. The van der Waals surface area contributed by atoms with Gasteiger partial charge in [0.25, 0.3) is 0 Å². The Morgan fingerprint density at radius 3 is 2.63 bits per heavy atom. The lowest BCUT2D eigenvalue weighted by molar-refractivity contribution is -0.141. The predicted molar refractivity (Wildman–Crippen MR) is 100 cm³/mol. The Bertz CT molecular complexity index is 799. The highest BCUT2D eigenvalue weighted by Gasteiger charge is 2.24. The molecule has 8 nitrogen and oxygen atoms in total. The molecule has 3 N–H and O–H groups in total. The van der Waals surface area contributed by atoms with E-state index in [9.17, 15) is 14.4 Å². The van der Waals surface area contributed by atoms with Crippen LogP contribution in [0.5, 0.6) is 0 Å². The van der Waals surface area contributed by atoms with Crippen LogP contribution < -0.4 is 10.6 Å². The number of aromatic amines is 1. The Kier molecular flexibility index (Phi) is 7.22. The topological polar surface area (TPSA) is 110 Å². The van der Waals surface area contributed by atoms with Crippen LogP contribution in [0.1, 0.15) is 19.4 Å². The number of rotatable bonds is 8. The van der Waals surface area contributed by atoms with Gasteiger partial charge in [-0.25, -0.2) is 4.79 Å². The Morgan fingerprint density at radius 1 is 1.19 bits per heavy atom. The molecule has 0 saturated carbocycles. The number of nitrogens with one attached hydrogen (secondary N) is 3. The van der Waals surface area contributed by atoms with E-state index in [4.69, 9.17) is 4.74 Å². The summed E-state index contributed by atoms with van der Waals surface area (Å²) in [5.41, 5.74) is 1.80. The minimum Gasteiger partial charge on any atom is -0.468 e. The number of alkyl carbamates (subject to hydrolysis) is 1. The molecule has 0 saturated heterocycles. The standard InChI is InChI=1S/C19H25N3O5/c1-12(2)11-27-19(25)22-16(18(24)21-10-17(23)26-3)8-13-9-20-15-7-5-4-6-14(13)15/h4-7,9,12,16,20H,8,10-11H2,1-3H3,(H,21,24)(H,22,25)/t16-/m0/s1. The summed E-state index contributed by atoms with van der Waals surface area (Å²) in [5.74, 6) is -0.889. The van der Waals surface area contributed by atoms with Crippen LogP contribution in [0, 0.1) is 5.92 Å². The average molecular weight is 375 g/mol. The van der Waals surface area contributed by atoms with Crippen molar-refractivity contribution in [3.05, 3.63) is 36.0 Å². The average Bonchev–Trinajstić information content (AvgIpc) is 3.06. The smallest absolute Gasteiger partial charge is 0.407 e. The molecule has 1 heterocycles. The van der Waals surface area contributed by atoms with Gasteiger partial charge >= 0.3 is 12.1 Å². The molecule has 0 aliphatic carbocycles. The van der Waals surface area contributed by atoms with Crippen LogP contribution in [-0.2, 0) is 25.5 Å². The van der Waals surface area contributed by atoms with E-state index in [1.54, 1.807) is 6.20 Å². The zero-order valence-corrected chi connectivity index (χ0v) is 15.7. The van der Waals surface area contributed by atoms with Gasteiger partial charge in [-0.1, -0.05) is 32.0 Å². The molecule has 8 heteroatoms. The molecule has 2 amide bonds. The van der Waals surface area contributed by atoms with E-state index in [1.807, 2.05) is 38.1 Å². The molecular formula is C19H25N3O5. The number of amides is 2. The van der Waals surface area contributed by atoms with Crippen LogP contribution in [0.15, 0.2) is 30.5 Å². The molecule has 0 radical (unpaired) electrons. The third kappa shape index (κ3) is 6.02. The van der Waals surface area contributed by atoms with Crippen LogP contribution in [-0.4, -0.2) is 49.3 Å². The molecule has 27 heavy (non-hydrogen) atoms. The summed E-state index contributed by atoms with van der Waals surface area (Å²) in [7, 11) is 1.24. The fraction of sp³-hybridized carbons (Fsp3) is 0.421. The van der Waals surface area contributed by atoms with Crippen molar-refractivity contribution in [1.82, 2.24) is 15.6 Å². The zero-order chi connectivity index (χ0) is 19.8. The van der Waals surface area contributed by atoms with Crippen molar-refractivity contribution in [2.45, 2.75) is 26.3 Å². The second-order valence-corrected chi connectivity index (χ2v) is 6.55. The van der Waals surface area contributed by atoms with Crippen LogP contribution in [0.25, 0.3) is 10.9 Å². The molecule has 1 aromatic carbocycles. The first-order chi connectivity index (χ1) is 12.9. The van der Waals surface area contributed by atoms with E-state index in [0.717, 1.165) is 16.5 Å². The molecule has 0 unspecified atom stereocenters. The first-order valence-corrected chi connectivity index (χ1v) is 8.73. The minimum absolute atomic E-state index is 0.177. The summed E-state index contributed by atoms with van der Waals surface area (Å²) in [6.45, 7) is 3.80. The molecule has 2 aromatic rings. The molecule has 0 fully saturated rings. The molecule has 146 valence electrons. The van der Waals surface area contributed by atoms with Gasteiger partial charge in [-0.15, -0.1) is 0 Å². The van der Waals surface area contributed by atoms with Gasteiger partial charge in [0.15, 0.2) is 0 Å². The normalized spacial score (nSPS) is 11.9. The highest BCUT2D eigenvalue weighted by Crippen LogP contribution is 2.19. The molecule has 0 spiro atoms. The number of methoxy groups -OCH3 is 1. The fourth-order valence-corrected chi connectivity index (χ4v) is 2.51. The molecule has 1 aromatic heterocycles. The third-order valence-electron chi connectivity index (χ3n) is 3.89. The van der Waals surface area contributed by atoms with E-state index >= 15 is 0 Å². The van der Waals surface area contributed by atoms with Gasteiger partial charge in [0.2, 0.25) is 5.91 Å². The van der Waals surface area contributed by atoms with Crippen LogP contribution in [0.4, 0.5) is 4.79 Å². The first-order valence-electron chi connectivity index (χ1n) is 8.73. The maximum Gasteiger partial charge on any atom is 0.407 e. The molecule has 0 bridgehead atoms. The number of benzene rings is 1. The van der Waals surface area contributed by atoms with E-state index in [-0.39, 0.29) is 25.5 Å². The van der Waals surface area contributed by atoms with E-state index in [0.29, 0.717) is 0 Å². The molecule has 1 atom stereocenters. The lowest BCUT2D eigenvalue weighted by Gasteiger charge is -2.18. The maximum atomic E-state index is 12.5. The summed E-state index contributed by atoms with van der Waals surface area (Å²) in [6.07, 6.45) is 1.36. The highest BCUT2D eigenvalue weighted by atomic mass is 16.5. The Hall–Kier alpha value is -3.03. The number of H-pyrrole nitrogens is 1. The van der Waals surface area contributed by atoms with Gasteiger partial charge < -0.3 is 25.1 Å². The van der Waals surface area contributed by atoms with Gasteiger partial charge in [0.1, 0.15) is 12.6 Å². The molecule has 0 aliphatic heterocycles. The summed E-state index contributed by atoms with van der Waals surface area (Å²) in [4.78, 5) is 38.9. The quantitative estimate of drug-likeness (QED) is 0.609. The second-order valence-electron chi connectivity index (χ2n) is 6.55. The van der Waals surface area contributed by atoms with Crippen molar-refractivity contribution in [3.8, 4) is 0 Å². The number of fused-ring (bicyclic) bond motifs is 1. The molecular weight excluding hydrogens is 350 g/mol. The number of hydrogen-bond donors (Lipinski definition) is 3. The summed E-state index contributed by atoms with van der Waals surface area (Å²) in [6, 6.07) is 6.77. The van der Waals surface area contributed by atoms with Crippen LogP contribution >= 0.6 is 0 Å². The van der Waals surface area contributed by atoms with Gasteiger partial charge in [0.05, 0.1) is 13.7 Å². The zero-order valence-electron chi connectivity index (χ0n) is 15.7. The third-order valence-corrected chi connectivity index (χ3v) is 3.89. The van der Waals surface area contributed by atoms with Gasteiger partial charge in [0, 0.05) is 23.5 Å². The second kappa shape index (κ2) is 9.61. The number of para-hydroxylation sites is 1. The van der Waals surface area contributed by atoms with Gasteiger partial charge in [-0.05, 0) is 17.5 Å². The van der Waals surface area contributed by atoms with Crippen molar-refractivity contribution in [2.75, 3.05) is 20.3 Å². The number of carbonyl (C=O) groups excluding carboxylic acids is 3. The van der Waals surface area contributed by atoms with E-state index in [1.165, 1.54) is 7.11 Å². The van der Waals surface area contributed by atoms with Crippen molar-refractivity contribution < 1.29 is 23.9 Å². The lowest BCUT2D eigenvalue weighted by Crippen LogP contribution is -2.49. The maximum absolute atomic E-state index is 12.5. The number of hydrogen-bond acceptors (Lipinski definition) is 5. The molecule has 2 rings (SSSR count). The largest absolute Gasteiger partial charge is 0.468 e. The summed E-state index contributed by atoms with van der Waals surface area (Å²) in [5, 5.41) is 6.01. The summed E-state index contributed by atoms with van der Waals surface area (Å²) >= 11 is 0. The number of ether oxygens (including phenoxy) is 2. The molecule has 0 aliphatic rings. The van der Waals surface area contributed by atoms with Crippen molar-refractivity contribution in [2.24, 2.45) is 5.92 Å². The predicted octanol–water partition coefficient (Wildman–Crippen LogP) is 1.75. The van der Waals surface area contributed by atoms with Crippen molar-refractivity contribution in [3.63, 3.8) is 0 Å². The van der Waals surface area contributed by atoms with Gasteiger partial charge in [-0.3, -0.25) is 9.59 Å².